The minimum absolute atomic E-state index is 0.217. The molecule has 0 radical (unpaired) electrons. The summed E-state index contributed by atoms with van der Waals surface area (Å²) in [5, 5.41) is 6.56. The van der Waals surface area contributed by atoms with Crippen LogP contribution >= 0.6 is 11.3 Å². The lowest BCUT2D eigenvalue weighted by Crippen LogP contribution is -2.48. The van der Waals surface area contributed by atoms with Crippen molar-refractivity contribution in [1.29, 1.82) is 0 Å². The van der Waals surface area contributed by atoms with Gasteiger partial charge in [-0.15, -0.1) is 0 Å². The zero-order valence-electron chi connectivity index (χ0n) is 18.8. The molecule has 8 nitrogen and oxygen atoms in total. The van der Waals surface area contributed by atoms with Crippen LogP contribution in [0.25, 0.3) is 6.08 Å². The highest BCUT2D eigenvalue weighted by Gasteiger charge is 2.31. The number of aryl methyl sites for hydroxylation is 2. The fraction of sp³-hybridized carbons (Fsp3) is 0.391. The van der Waals surface area contributed by atoms with Crippen LogP contribution in [0.5, 0.6) is 0 Å². The predicted octanol–water partition coefficient (Wildman–Crippen LogP) is 3.62. The number of hydrogen-bond donors (Lipinski definition) is 3. The summed E-state index contributed by atoms with van der Waals surface area (Å²) in [5.41, 5.74) is 8.84. The highest BCUT2D eigenvalue weighted by atomic mass is 32.1. The van der Waals surface area contributed by atoms with Crippen molar-refractivity contribution in [2.24, 2.45) is 0 Å². The number of nitrogens with zero attached hydrogens (tertiary/aromatic N) is 3. The minimum Gasteiger partial charge on any atom is -0.383 e. The number of likely N-dealkylation sites (tertiary alicyclic amines) is 1. The quantitative estimate of drug-likeness (QED) is 0.454. The van der Waals surface area contributed by atoms with Gasteiger partial charge in [-0.2, -0.15) is 0 Å². The van der Waals surface area contributed by atoms with Crippen molar-refractivity contribution in [3.8, 4) is 0 Å². The number of amides is 2. The van der Waals surface area contributed by atoms with E-state index in [0.717, 1.165) is 46.1 Å². The molecule has 170 valence electrons. The van der Waals surface area contributed by atoms with Crippen molar-refractivity contribution >= 4 is 45.9 Å². The Labute approximate surface area is 192 Å². The molecule has 1 aliphatic rings. The third-order valence-corrected chi connectivity index (χ3v) is 6.66. The van der Waals surface area contributed by atoms with Crippen molar-refractivity contribution < 1.29 is 9.59 Å². The van der Waals surface area contributed by atoms with Crippen molar-refractivity contribution in [3.05, 3.63) is 46.6 Å². The summed E-state index contributed by atoms with van der Waals surface area (Å²) in [6, 6.07) is 1.53. The van der Waals surface area contributed by atoms with Crippen molar-refractivity contribution in [2.45, 2.75) is 45.6 Å². The third kappa shape index (κ3) is 5.34. The van der Waals surface area contributed by atoms with E-state index in [1.807, 2.05) is 33.0 Å². The summed E-state index contributed by atoms with van der Waals surface area (Å²) in [7, 11) is 1.84. The molecule has 0 bridgehead atoms. The molecule has 3 heterocycles. The smallest absolute Gasteiger partial charge is 0.313 e. The SMILES string of the molecule is C=C(/C=C\c1sc(NC)nc1C)[C@@H]1CCCCN1C(=O)C(=O)Nc1cnc(N)c(CC)c1. The molecule has 0 saturated carbocycles. The molecule has 0 aliphatic carbocycles. The van der Waals surface area contributed by atoms with E-state index in [4.69, 9.17) is 5.73 Å². The summed E-state index contributed by atoms with van der Waals surface area (Å²) in [6.07, 6.45) is 8.65. The number of aromatic nitrogens is 2. The molecule has 0 spiro atoms. The fourth-order valence-electron chi connectivity index (χ4n) is 3.71. The van der Waals surface area contributed by atoms with Crippen LogP contribution < -0.4 is 16.4 Å². The molecule has 0 unspecified atom stereocenters. The van der Waals surface area contributed by atoms with Crippen LogP contribution in [-0.2, 0) is 16.0 Å². The number of hydrogen-bond acceptors (Lipinski definition) is 7. The summed E-state index contributed by atoms with van der Waals surface area (Å²) in [6.45, 7) is 8.62. The highest BCUT2D eigenvalue weighted by molar-refractivity contribution is 7.16. The summed E-state index contributed by atoms with van der Waals surface area (Å²) in [4.78, 5) is 36.9. The van der Waals surface area contributed by atoms with Gasteiger partial charge in [-0.3, -0.25) is 9.59 Å². The van der Waals surface area contributed by atoms with Gasteiger partial charge in [-0.25, -0.2) is 9.97 Å². The largest absolute Gasteiger partial charge is 0.383 e. The maximum Gasteiger partial charge on any atom is 0.313 e. The van der Waals surface area contributed by atoms with Gasteiger partial charge in [0.2, 0.25) is 0 Å². The Hall–Kier alpha value is -3.20. The van der Waals surface area contributed by atoms with Gasteiger partial charge in [-0.05, 0) is 55.9 Å². The van der Waals surface area contributed by atoms with Crippen LogP contribution in [0.1, 0.15) is 42.3 Å². The minimum atomic E-state index is -0.681. The summed E-state index contributed by atoms with van der Waals surface area (Å²) >= 11 is 1.56. The Balaban J connectivity index is 1.71. The summed E-state index contributed by atoms with van der Waals surface area (Å²) < 4.78 is 0. The van der Waals surface area contributed by atoms with E-state index in [-0.39, 0.29) is 6.04 Å². The monoisotopic (exact) mass is 454 g/mol. The maximum atomic E-state index is 13.0. The van der Waals surface area contributed by atoms with E-state index in [1.54, 1.807) is 22.3 Å². The topological polar surface area (TPSA) is 113 Å². The Morgan fingerprint density at radius 2 is 2.19 bits per heavy atom. The predicted molar refractivity (Wildman–Crippen MR) is 131 cm³/mol. The van der Waals surface area contributed by atoms with Gasteiger partial charge in [-0.1, -0.05) is 30.9 Å². The van der Waals surface area contributed by atoms with Crippen LogP contribution in [-0.4, -0.2) is 46.3 Å². The van der Waals surface area contributed by atoms with Gasteiger partial charge in [0.15, 0.2) is 5.13 Å². The van der Waals surface area contributed by atoms with Gasteiger partial charge in [0.05, 0.1) is 28.5 Å². The molecule has 2 aromatic heterocycles. The fourth-order valence-corrected chi connectivity index (χ4v) is 4.53. The van der Waals surface area contributed by atoms with Crippen molar-refractivity contribution in [2.75, 3.05) is 30.0 Å². The van der Waals surface area contributed by atoms with E-state index in [9.17, 15) is 9.59 Å². The van der Waals surface area contributed by atoms with E-state index in [2.05, 4.69) is 27.2 Å². The second-order valence-electron chi connectivity index (χ2n) is 7.71. The zero-order valence-corrected chi connectivity index (χ0v) is 19.6. The van der Waals surface area contributed by atoms with Crippen LogP contribution in [0.15, 0.2) is 30.5 Å². The van der Waals surface area contributed by atoms with Crippen LogP contribution in [0.4, 0.5) is 16.6 Å². The van der Waals surface area contributed by atoms with Gasteiger partial charge in [0.25, 0.3) is 0 Å². The van der Waals surface area contributed by atoms with Gasteiger partial charge in [0, 0.05) is 13.6 Å². The zero-order chi connectivity index (χ0) is 23.3. The van der Waals surface area contributed by atoms with Gasteiger partial charge < -0.3 is 21.3 Å². The lowest BCUT2D eigenvalue weighted by Gasteiger charge is -2.35. The van der Waals surface area contributed by atoms with E-state index in [1.165, 1.54) is 6.20 Å². The average molecular weight is 455 g/mol. The molecule has 2 amide bonds. The first-order valence-corrected chi connectivity index (χ1v) is 11.5. The molecule has 2 aromatic rings. The second-order valence-corrected chi connectivity index (χ2v) is 8.74. The first-order chi connectivity index (χ1) is 15.3. The average Bonchev–Trinajstić information content (AvgIpc) is 3.17. The molecule has 1 fully saturated rings. The number of piperidine rings is 1. The molecule has 9 heteroatoms. The molecule has 0 aromatic carbocycles. The van der Waals surface area contributed by atoms with Gasteiger partial charge in [0.1, 0.15) is 5.82 Å². The molecule has 4 N–H and O–H groups in total. The highest BCUT2D eigenvalue weighted by Crippen LogP contribution is 2.27. The number of thiazole rings is 1. The first-order valence-electron chi connectivity index (χ1n) is 10.7. The molecule has 1 aliphatic heterocycles. The van der Waals surface area contributed by atoms with Crippen molar-refractivity contribution in [3.63, 3.8) is 0 Å². The number of nitrogens with one attached hydrogen (secondary N) is 2. The van der Waals surface area contributed by atoms with Crippen LogP contribution in [0.3, 0.4) is 0 Å². The number of carbonyl (C=O) groups excluding carboxylic acids is 2. The number of nitrogen functional groups attached to an aromatic ring is 1. The van der Waals surface area contributed by atoms with Gasteiger partial charge >= 0.3 is 11.8 Å². The Kier molecular flexibility index (Phi) is 7.63. The number of anilines is 3. The van der Waals surface area contributed by atoms with Crippen LogP contribution in [0.2, 0.25) is 0 Å². The Bertz CT molecular complexity index is 1050. The summed E-state index contributed by atoms with van der Waals surface area (Å²) in [5.74, 6) is -0.821. The van der Waals surface area contributed by atoms with E-state index < -0.39 is 11.8 Å². The molecule has 3 rings (SSSR count). The van der Waals surface area contributed by atoms with E-state index >= 15 is 0 Å². The maximum absolute atomic E-state index is 13.0. The molecule has 1 saturated heterocycles. The molecule has 1 atom stereocenters. The Morgan fingerprint density at radius 1 is 1.41 bits per heavy atom. The van der Waals surface area contributed by atoms with Crippen LogP contribution in [0, 0.1) is 6.92 Å². The number of pyridine rings is 1. The lowest BCUT2D eigenvalue weighted by atomic mass is 9.95. The number of rotatable bonds is 6. The normalized spacial score (nSPS) is 16.2. The molecular weight excluding hydrogens is 424 g/mol. The molecular formula is C23H30N6O2S. The standard InChI is InChI=1S/C23H30N6O2S/c1-5-16-12-17(13-26-20(16)24)28-21(30)22(31)29-11-7-6-8-18(29)14(2)9-10-19-15(3)27-23(25-4)32-19/h9-10,12-13,18H,2,5-8,11H2,1,3-4H3,(H2,24,26)(H,25,27)(H,28,30)/b10-9-/t18-/m0/s1. The third-order valence-electron chi connectivity index (χ3n) is 5.52. The van der Waals surface area contributed by atoms with E-state index in [0.29, 0.717) is 24.5 Å². The first kappa shape index (κ1) is 23.5. The molecule has 32 heavy (non-hydrogen) atoms. The Morgan fingerprint density at radius 3 is 2.88 bits per heavy atom. The number of nitrogens with two attached hydrogens (primary N) is 1. The van der Waals surface area contributed by atoms with Crippen molar-refractivity contribution in [1.82, 2.24) is 14.9 Å². The second kappa shape index (κ2) is 10.4. The lowest BCUT2D eigenvalue weighted by molar-refractivity contribution is -0.145. The number of carbonyl (C=O) groups is 2.